The Bertz CT molecular complexity index is 656. The van der Waals surface area contributed by atoms with Crippen LogP contribution < -0.4 is 10.0 Å². The highest BCUT2D eigenvalue weighted by Gasteiger charge is 2.23. The van der Waals surface area contributed by atoms with Gasteiger partial charge in [-0.15, -0.1) is 0 Å². The first-order chi connectivity index (χ1) is 10.7. The number of amides is 1. The normalized spacial score (nSPS) is 13.9. The fourth-order valence-corrected chi connectivity index (χ4v) is 2.67. The maximum atomic E-state index is 12.0. The van der Waals surface area contributed by atoms with Crippen LogP contribution in [0.25, 0.3) is 0 Å². The van der Waals surface area contributed by atoms with Crippen LogP contribution in [0.1, 0.15) is 12.5 Å². The average Bonchev–Trinajstić information content (AvgIpc) is 2.52. The molecule has 0 unspecified atom stereocenters. The number of hydrogen-bond acceptors (Lipinski definition) is 6. The molecule has 0 aliphatic carbocycles. The standard InChI is InChI=1S/C14H20N2O6S/c1-9-4-6-11(7-5-9)23(20,21)15-8-12(17)13(18)16-10(2)14(19)22-3/h4-7,10,12,15,17H,8H2,1-3H3,(H,16,18)/t10-,12+/m0/s1. The van der Waals surface area contributed by atoms with E-state index in [2.05, 4.69) is 14.8 Å². The third-order valence-electron chi connectivity index (χ3n) is 3.01. The van der Waals surface area contributed by atoms with Crippen molar-refractivity contribution in [2.75, 3.05) is 13.7 Å². The summed E-state index contributed by atoms with van der Waals surface area (Å²) in [6, 6.07) is 5.16. The number of benzene rings is 1. The minimum absolute atomic E-state index is 0.0265. The Balaban J connectivity index is 2.61. The van der Waals surface area contributed by atoms with E-state index < -0.39 is 40.6 Å². The van der Waals surface area contributed by atoms with Crippen molar-refractivity contribution in [1.82, 2.24) is 10.0 Å². The van der Waals surface area contributed by atoms with Crippen LogP contribution in [0.5, 0.6) is 0 Å². The van der Waals surface area contributed by atoms with E-state index in [-0.39, 0.29) is 4.90 Å². The summed E-state index contributed by atoms with van der Waals surface area (Å²) < 4.78 is 30.6. The lowest BCUT2D eigenvalue weighted by Crippen LogP contribution is -2.48. The Labute approximate surface area is 134 Å². The fourth-order valence-electron chi connectivity index (χ4n) is 1.63. The van der Waals surface area contributed by atoms with Gasteiger partial charge in [-0.3, -0.25) is 4.79 Å². The molecule has 0 fully saturated rings. The molecule has 9 heteroatoms. The van der Waals surface area contributed by atoms with Crippen LogP contribution >= 0.6 is 0 Å². The Morgan fingerprint density at radius 1 is 1.26 bits per heavy atom. The Hall–Kier alpha value is -1.97. The van der Waals surface area contributed by atoms with E-state index in [0.717, 1.165) is 12.7 Å². The van der Waals surface area contributed by atoms with Gasteiger partial charge in [0.15, 0.2) is 0 Å². The largest absolute Gasteiger partial charge is 0.467 e. The van der Waals surface area contributed by atoms with E-state index in [1.54, 1.807) is 12.1 Å². The quantitative estimate of drug-likeness (QED) is 0.563. The van der Waals surface area contributed by atoms with Gasteiger partial charge in [0, 0.05) is 6.54 Å². The SMILES string of the molecule is COC(=O)[C@H](C)NC(=O)[C@H](O)CNS(=O)(=O)c1ccc(C)cc1. The van der Waals surface area contributed by atoms with Gasteiger partial charge in [-0.25, -0.2) is 17.9 Å². The second kappa shape index (κ2) is 8.04. The summed E-state index contributed by atoms with van der Waals surface area (Å²) in [5.74, 6) is -1.56. The first kappa shape index (κ1) is 19.1. The van der Waals surface area contributed by atoms with E-state index >= 15 is 0 Å². The number of carbonyl (C=O) groups is 2. The minimum atomic E-state index is -3.84. The summed E-state index contributed by atoms with van der Waals surface area (Å²) in [5, 5.41) is 11.9. The number of methoxy groups -OCH3 is 1. The minimum Gasteiger partial charge on any atom is -0.467 e. The molecule has 128 valence electrons. The molecule has 1 aromatic rings. The number of aryl methyl sites for hydroxylation is 1. The number of hydrogen-bond donors (Lipinski definition) is 3. The summed E-state index contributed by atoms with van der Waals surface area (Å²) in [4.78, 5) is 22.9. The van der Waals surface area contributed by atoms with Gasteiger partial charge in [-0.05, 0) is 26.0 Å². The molecule has 0 bridgehead atoms. The van der Waals surface area contributed by atoms with Crippen molar-refractivity contribution in [3.05, 3.63) is 29.8 Å². The highest BCUT2D eigenvalue weighted by Crippen LogP contribution is 2.09. The molecule has 1 rings (SSSR count). The number of carbonyl (C=O) groups excluding carboxylic acids is 2. The first-order valence-electron chi connectivity index (χ1n) is 6.80. The monoisotopic (exact) mass is 344 g/mol. The highest BCUT2D eigenvalue weighted by molar-refractivity contribution is 7.89. The van der Waals surface area contributed by atoms with Crippen molar-refractivity contribution in [3.63, 3.8) is 0 Å². The molecule has 8 nitrogen and oxygen atoms in total. The molecule has 2 atom stereocenters. The number of sulfonamides is 1. The molecule has 0 saturated heterocycles. The van der Waals surface area contributed by atoms with Gasteiger partial charge >= 0.3 is 5.97 Å². The molecule has 0 heterocycles. The number of ether oxygens (including phenoxy) is 1. The third-order valence-corrected chi connectivity index (χ3v) is 4.45. The van der Waals surface area contributed by atoms with E-state index in [4.69, 9.17) is 0 Å². The molecular weight excluding hydrogens is 324 g/mol. The summed E-state index contributed by atoms with van der Waals surface area (Å²) in [7, 11) is -2.67. The average molecular weight is 344 g/mol. The second-order valence-electron chi connectivity index (χ2n) is 4.93. The summed E-state index contributed by atoms with van der Waals surface area (Å²) in [6.45, 7) is 2.68. The number of nitrogens with one attached hydrogen (secondary N) is 2. The van der Waals surface area contributed by atoms with Gasteiger partial charge < -0.3 is 15.2 Å². The van der Waals surface area contributed by atoms with Crippen LogP contribution in [0.2, 0.25) is 0 Å². The maximum Gasteiger partial charge on any atom is 0.328 e. The van der Waals surface area contributed by atoms with Crippen molar-refractivity contribution in [1.29, 1.82) is 0 Å². The molecule has 1 amide bonds. The van der Waals surface area contributed by atoms with Crippen molar-refractivity contribution in [3.8, 4) is 0 Å². The van der Waals surface area contributed by atoms with Crippen molar-refractivity contribution >= 4 is 21.9 Å². The lowest BCUT2D eigenvalue weighted by molar-refractivity contribution is -0.145. The lowest BCUT2D eigenvalue weighted by Gasteiger charge is -2.15. The predicted octanol–water partition coefficient (Wildman–Crippen LogP) is -0.688. The number of esters is 1. The van der Waals surface area contributed by atoms with Crippen LogP contribution in [-0.4, -0.2) is 51.2 Å². The molecule has 0 radical (unpaired) electrons. The van der Waals surface area contributed by atoms with Crippen LogP contribution in [0.15, 0.2) is 29.2 Å². The Morgan fingerprint density at radius 3 is 2.35 bits per heavy atom. The fraction of sp³-hybridized carbons (Fsp3) is 0.429. The Kier molecular flexibility index (Phi) is 6.67. The van der Waals surface area contributed by atoms with Gasteiger partial charge in [0.25, 0.3) is 5.91 Å². The van der Waals surface area contributed by atoms with Crippen LogP contribution in [0, 0.1) is 6.92 Å². The smallest absolute Gasteiger partial charge is 0.328 e. The molecule has 0 saturated carbocycles. The zero-order valence-corrected chi connectivity index (χ0v) is 13.9. The van der Waals surface area contributed by atoms with Gasteiger partial charge in [0.1, 0.15) is 12.1 Å². The van der Waals surface area contributed by atoms with E-state index in [0.29, 0.717) is 0 Å². The number of aliphatic hydroxyl groups is 1. The molecule has 3 N–H and O–H groups in total. The van der Waals surface area contributed by atoms with Gasteiger partial charge in [-0.2, -0.15) is 0 Å². The Morgan fingerprint density at radius 2 is 1.83 bits per heavy atom. The zero-order valence-electron chi connectivity index (χ0n) is 13.1. The molecule has 1 aromatic carbocycles. The highest BCUT2D eigenvalue weighted by atomic mass is 32.2. The first-order valence-corrected chi connectivity index (χ1v) is 8.28. The third kappa shape index (κ3) is 5.62. The van der Waals surface area contributed by atoms with Crippen molar-refractivity contribution in [2.45, 2.75) is 30.9 Å². The summed E-state index contributed by atoms with van der Waals surface area (Å²) in [6.07, 6.45) is -1.64. The lowest BCUT2D eigenvalue weighted by atomic mass is 10.2. The topological polar surface area (TPSA) is 122 Å². The van der Waals surface area contributed by atoms with E-state index in [1.807, 2.05) is 6.92 Å². The van der Waals surface area contributed by atoms with Gasteiger partial charge in [0.2, 0.25) is 10.0 Å². The molecular formula is C14H20N2O6S. The molecule has 0 aromatic heterocycles. The molecule has 0 spiro atoms. The summed E-state index contributed by atoms with van der Waals surface area (Å²) >= 11 is 0. The number of aliphatic hydroxyl groups excluding tert-OH is 1. The van der Waals surface area contributed by atoms with Crippen LogP contribution in [0.4, 0.5) is 0 Å². The van der Waals surface area contributed by atoms with Crippen LogP contribution in [0.3, 0.4) is 0 Å². The maximum absolute atomic E-state index is 12.0. The van der Waals surface area contributed by atoms with E-state index in [1.165, 1.54) is 19.1 Å². The molecule has 0 aliphatic rings. The van der Waals surface area contributed by atoms with Crippen LogP contribution in [-0.2, 0) is 24.3 Å². The molecule has 0 aliphatic heterocycles. The van der Waals surface area contributed by atoms with Gasteiger partial charge in [-0.1, -0.05) is 17.7 Å². The zero-order chi connectivity index (χ0) is 17.6. The second-order valence-corrected chi connectivity index (χ2v) is 6.70. The number of rotatable bonds is 7. The predicted molar refractivity (Wildman–Crippen MR) is 82.0 cm³/mol. The van der Waals surface area contributed by atoms with E-state index in [9.17, 15) is 23.1 Å². The van der Waals surface area contributed by atoms with Crippen molar-refractivity contribution < 1.29 is 27.9 Å². The van der Waals surface area contributed by atoms with Gasteiger partial charge in [0.05, 0.1) is 12.0 Å². The summed E-state index contributed by atoms with van der Waals surface area (Å²) in [5.41, 5.74) is 0.903. The molecule has 23 heavy (non-hydrogen) atoms. The van der Waals surface area contributed by atoms with Crippen molar-refractivity contribution in [2.24, 2.45) is 0 Å².